The maximum atomic E-state index is 9.93. The molecule has 0 heterocycles. The molecule has 0 saturated carbocycles. The minimum Gasteiger partial charge on any atom is -0.394 e. The molecule has 0 aromatic heterocycles. The Hall–Kier alpha value is -2.50. The number of aliphatic hydroxyl groups is 1. The summed E-state index contributed by atoms with van der Waals surface area (Å²) in [5, 5.41) is 9.93. The van der Waals surface area contributed by atoms with Crippen LogP contribution in [0.1, 0.15) is 16.7 Å². The molecule has 0 amide bonds. The fourth-order valence-corrected chi connectivity index (χ4v) is 2.96. The van der Waals surface area contributed by atoms with Gasteiger partial charge in [-0.1, -0.05) is 91.0 Å². The molecule has 4 nitrogen and oxygen atoms in total. The van der Waals surface area contributed by atoms with Crippen LogP contribution < -0.4 is 0 Å². The maximum Gasteiger partial charge on any atom is 0.110 e. The van der Waals surface area contributed by atoms with Crippen LogP contribution in [0.25, 0.3) is 0 Å². The zero-order valence-electron chi connectivity index (χ0n) is 16.5. The number of hydrogen-bond donors (Lipinski definition) is 1. The minimum absolute atomic E-state index is 0.138. The molecule has 0 fully saturated rings. The lowest BCUT2D eigenvalue weighted by Crippen LogP contribution is -2.38. The van der Waals surface area contributed by atoms with Gasteiger partial charge in [-0.2, -0.15) is 0 Å². The molecule has 2 atom stereocenters. The molecule has 3 rings (SSSR count). The summed E-state index contributed by atoms with van der Waals surface area (Å²) in [6.45, 7) is 1.53. The van der Waals surface area contributed by atoms with Crippen molar-refractivity contribution < 1.29 is 19.3 Å². The van der Waals surface area contributed by atoms with E-state index in [1.54, 1.807) is 0 Å². The van der Waals surface area contributed by atoms with Crippen LogP contribution in [-0.2, 0) is 34.0 Å². The van der Waals surface area contributed by atoms with Gasteiger partial charge in [0.25, 0.3) is 0 Å². The van der Waals surface area contributed by atoms with Crippen molar-refractivity contribution in [1.29, 1.82) is 0 Å². The Labute approximate surface area is 172 Å². The fraction of sp³-hybridized carbons (Fsp3) is 0.280. The summed E-state index contributed by atoms with van der Waals surface area (Å²) in [4.78, 5) is 0. The lowest BCUT2D eigenvalue weighted by molar-refractivity contribution is -0.130. The number of ether oxygens (including phenoxy) is 3. The average molecular weight is 392 g/mol. The first-order valence-corrected chi connectivity index (χ1v) is 9.88. The smallest absolute Gasteiger partial charge is 0.110 e. The summed E-state index contributed by atoms with van der Waals surface area (Å²) < 4.78 is 18.0. The summed E-state index contributed by atoms with van der Waals surface area (Å²) in [5.41, 5.74) is 3.22. The van der Waals surface area contributed by atoms with Gasteiger partial charge >= 0.3 is 0 Å². The predicted octanol–water partition coefficient (Wildman–Crippen LogP) is 4.37. The Kier molecular flexibility index (Phi) is 8.88. The van der Waals surface area contributed by atoms with Gasteiger partial charge in [0.05, 0.1) is 33.0 Å². The molecule has 0 saturated heterocycles. The molecular formula is C25H28O4. The molecule has 0 aliphatic rings. The van der Waals surface area contributed by atoms with E-state index in [9.17, 15) is 5.11 Å². The van der Waals surface area contributed by atoms with Crippen LogP contribution >= 0.6 is 0 Å². The van der Waals surface area contributed by atoms with Gasteiger partial charge in [0.1, 0.15) is 12.2 Å². The van der Waals surface area contributed by atoms with Gasteiger partial charge in [-0.25, -0.2) is 0 Å². The molecule has 3 aromatic carbocycles. The highest BCUT2D eigenvalue weighted by molar-refractivity contribution is 5.15. The monoisotopic (exact) mass is 392 g/mol. The maximum absolute atomic E-state index is 9.93. The van der Waals surface area contributed by atoms with Gasteiger partial charge in [0, 0.05) is 0 Å². The van der Waals surface area contributed by atoms with Crippen molar-refractivity contribution in [3.8, 4) is 0 Å². The Bertz CT molecular complexity index is 793. The summed E-state index contributed by atoms with van der Waals surface area (Å²) in [7, 11) is 0. The Balaban J connectivity index is 1.59. The van der Waals surface area contributed by atoms with Gasteiger partial charge in [-0.15, -0.1) is 0 Å². The first-order valence-electron chi connectivity index (χ1n) is 9.88. The van der Waals surface area contributed by atoms with E-state index in [1.165, 1.54) is 0 Å². The minimum atomic E-state index is -0.477. The van der Waals surface area contributed by atoms with E-state index in [-0.39, 0.29) is 12.7 Å². The third kappa shape index (κ3) is 7.44. The SMILES string of the molecule is OC[C@@H](OCc1ccccc1)[C@@H](COCc1ccccc1)OCc1ccccc1. The standard InChI is InChI=1S/C25H28O4/c26-16-24(28-18-22-12-6-2-7-13-22)25(29-19-23-14-8-3-9-15-23)20-27-17-21-10-4-1-5-11-21/h1-15,24-26H,16-20H2/t24-,25-/m1/s1. The molecule has 0 spiro atoms. The van der Waals surface area contributed by atoms with Gasteiger partial charge in [-0.05, 0) is 16.7 Å². The van der Waals surface area contributed by atoms with E-state index in [0.717, 1.165) is 16.7 Å². The van der Waals surface area contributed by atoms with Crippen LogP contribution in [-0.4, -0.2) is 30.5 Å². The molecule has 152 valence electrons. The molecule has 4 heteroatoms. The second-order valence-corrected chi connectivity index (χ2v) is 6.85. The van der Waals surface area contributed by atoms with Crippen LogP contribution in [0.15, 0.2) is 91.0 Å². The number of benzene rings is 3. The van der Waals surface area contributed by atoms with Gasteiger partial charge < -0.3 is 19.3 Å². The Morgan fingerprint density at radius 1 is 0.552 bits per heavy atom. The molecule has 3 aromatic rings. The third-order valence-corrected chi connectivity index (χ3v) is 4.60. The van der Waals surface area contributed by atoms with Crippen LogP contribution in [0.2, 0.25) is 0 Å². The van der Waals surface area contributed by atoms with Crippen LogP contribution in [0.4, 0.5) is 0 Å². The largest absolute Gasteiger partial charge is 0.394 e. The predicted molar refractivity (Wildman–Crippen MR) is 113 cm³/mol. The van der Waals surface area contributed by atoms with Crippen LogP contribution in [0, 0.1) is 0 Å². The molecule has 0 aliphatic carbocycles. The highest BCUT2D eigenvalue weighted by atomic mass is 16.6. The summed E-state index contributed by atoms with van der Waals surface area (Å²) in [6, 6.07) is 29.9. The van der Waals surface area contributed by atoms with Crippen molar-refractivity contribution in [3.05, 3.63) is 108 Å². The van der Waals surface area contributed by atoms with E-state index in [4.69, 9.17) is 14.2 Å². The van der Waals surface area contributed by atoms with Gasteiger partial charge in [0.2, 0.25) is 0 Å². The van der Waals surface area contributed by atoms with Crippen molar-refractivity contribution in [3.63, 3.8) is 0 Å². The van der Waals surface area contributed by atoms with Crippen molar-refractivity contribution in [2.45, 2.75) is 32.0 Å². The zero-order valence-corrected chi connectivity index (χ0v) is 16.5. The van der Waals surface area contributed by atoms with Crippen molar-refractivity contribution in [2.75, 3.05) is 13.2 Å². The Morgan fingerprint density at radius 3 is 1.41 bits per heavy atom. The Morgan fingerprint density at radius 2 is 0.966 bits per heavy atom. The second-order valence-electron chi connectivity index (χ2n) is 6.85. The summed E-state index contributed by atoms with van der Waals surface area (Å²) >= 11 is 0. The van der Waals surface area contributed by atoms with Gasteiger partial charge in [-0.3, -0.25) is 0 Å². The molecule has 29 heavy (non-hydrogen) atoms. The highest BCUT2D eigenvalue weighted by Gasteiger charge is 2.23. The second kappa shape index (κ2) is 12.1. The molecule has 0 aliphatic heterocycles. The lowest BCUT2D eigenvalue weighted by atomic mass is 10.2. The van der Waals surface area contributed by atoms with E-state index < -0.39 is 6.10 Å². The first kappa shape index (κ1) is 21.2. The van der Waals surface area contributed by atoms with E-state index in [2.05, 4.69) is 0 Å². The normalized spacial score (nSPS) is 13.1. The molecule has 0 radical (unpaired) electrons. The fourth-order valence-electron chi connectivity index (χ4n) is 2.96. The molecular weight excluding hydrogens is 364 g/mol. The average Bonchev–Trinajstić information content (AvgIpc) is 2.79. The summed E-state index contributed by atoms with van der Waals surface area (Å²) in [5.74, 6) is 0. The third-order valence-electron chi connectivity index (χ3n) is 4.60. The molecule has 0 bridgehead atoms. The topological polar surface area (TPSA) is 47.9 Å². The number of hydrogen-bond acceptors (Lipinski definition) is 4. The van der Waals surface area contributed by atoms with Crippen LogP contribution in [0.3, 0.4) is 0 Å². The zero-order chi connectivity index (χ0) is 20.2. The molecule has 1 N–H and O–H groups in total. The molecule has 0 unspecified atom stereocenters. The van der Waals surface area contributed by atoms with E-state index >= 15 is 0 Å². The van der Waals surface area contributed by atoms with E-state index in [1.807, 2.05) is 91.0 Å². The number of aliphatic hydroxyl groups excluding tert-OH is 1. The van der Waals surface area contributed by atoms with Gasteiger partial charge in [0.15, 0.2) is 0 Å². The first-order chi connectivity index (χ1) is 14.3. The highest BCUT2D eigenvalue weighted by Crippen LogP contribution is 2.13. The lowest BCUT2D eigenvalue weighted by Gasteiger charge is -2.26. The number of rotatable bonds is 12. The van der Waals surface area contributed by atoms with Crippen molar-refractivity contribution in [1.82, 2.24) is 0 Å². The van der Waals surface area contributed by atoms with E-state index in [0.29, 0.717) is 26.4 Å². The van der Waals surface area contributed by atoms with Crippen LogP contribution in [0.5, 0.6) is 0 Å². The summed E-state index contributed by atoms with van der Waals surface area (Å²) in [6.07, 6.45) is -0.859. The van der Waals surface area contributed by atoms with Crippen molar-refractivity contribution >= 4 is 0 Å². The van der Waals surface area contributed by atoms with Crippen molar-refractivity contribution in [2.24, 2.45) is 0 Å². The quantitative estimate of drug-likeness (QED) is 0.497.